The summed E-state index contributed by atoms with van der Waals surface area (Å²) in [6.45, 7) is 8.26. The molecule has 6 nitrogen and oxygen atoms in total. The number of nitrogens with zero attached hydrogens (tertiary/aromatic N) is 5. The zero-order valence-corrected chi connectivity index (χ0v) is 13.9. The van der Waals surface area contributed by atoms with Crippen molar-refractivity contribution >= 4 is 5.82 Å². The summed E-state index contributed by atoms with van der Waals surface area (Å²) in [7, 11) is 0. The molecular formula is C17H24N6. The van der Waals surface area contributed by atoms with Crippen LogP contribution in [0.3, 0.4) is 0 Å². The van der Waals surface area contributed by atoms with Crippen LogP contribution in [0.15, 0.2) is 12.4 Å². The van der Waals surface area contributed by atoms with Crippen molar-refractivity contribution in [2.75, 3.05) is 31.1 Å². The quantitative estimate of drug-likeness (QED) is 0.909. The van der Waals surface area contributed by atoms with E-state index in [1.54, 1.807) is 6.33 Å². The number of aryl methyl sites for hydroxylation is 2. The lowest BCUT2D eigenvalue weighted by Gasteiger charge is -2.21. The number of hydrogen-bond donors (Lipinski definition) is 1. The molecule has 0 spiro atoms. The van der Waals surface area contributed by atoms with Gasteiger partial charge in [-0.05, 0) is 39.3 Å². The maximum atomic E-state index is 4.67. The summed E-state index contributed by atoms with van der Waals surface area (Å²) in [6, 6.07) is 2.60. The first-order valence-corrected chi connectivity index (χ1v) is 8.53. The lowest BCUT2D eigenvalue weighted by atomic mass is 10.1. The summed E-state index contributed by atoms with van der Waals surface area (Å²) in [4.78, 5) is 11.6. The van der Waals surface area contributed by atoms with Crippen LogP contribution in [-0.2, 0) is 12.8 Å². The van der Waals surface area contributed by atoms with Gasteiger partial charge in [0.05, 0.1) is 17.4 Å². The molecule has 0 amide bonds. The number of fused-ring (bicyclic) bond motifs is 1. The van der Waals surface area contributed by atoms with Gasteiger partial charge in [0.2, 0.25) is 0 Å². The fourth-order valence-corrected chi connectivity index (χ4v) is 3.88. The van der Waals surface area contributed by atoms with Gasteiger partial charge in [-0.3, -0.25) is 4.68 Å². The predicted octanol–water partition coefficient (Wildman–Crippen LogP) is 1.43. The van der Waals surface area contributed by atoms with Gasteiger partial charge in [0.15, 0.2) is 0 Å². The molecule has 0 saturated carbocycles. The standard InChI is InChI=1S/C17H24N6/c1-12-9-13(2)23(21-12)14-5-8-22(10-14)17-15-3-6-18-7-4-16(15)19-11-20-17/h9,11,14,18H,3-8,10H2,1-2H3. The average Bonchev–Trinajstić information content (AvgIpc) is 3.05. The van der Waals surface area contributed by atoms with E-state index in [9.17, 15) is 0 Å². The fourth-order valence-electron chi connectivity index (χ4n) is 3.88. The second-order valence-electron chi connectivity index (χ2n) is 6.63. The van der Waals surface area contributed by atoms with Crippen LogP contribution in [0.4, 0.5) is 5.82 Å². The number of nitrogens with one attached hydrogen (secondary N) is 1. The summed E-state index contributed by atoms with van der Waals surface area (Å²) in [5.74, 6) is 1.14. The molecule has 0 aliphatic carbocycles. The molecule has 2 aromatic heterocycles. The van der Waals surface area contributed by atoms with Gasteiger partial charge in [0.25, 0.3) is 0 Å². The molecule has 122 valence electrons. The maximum Gasteiger partial charge on any atom is 0.135 e. The third kappa shape index (κ3) is 2.72. The van der Waals surface area contributed by atoms with E-state index in [0.717, 1.165) is 57.0 Å². The number of rotatable bonds is 2. The van der Waals surface area contributed by atoms with Crippen LogP contribution in [0.5, 0.6) is 0 Å². The van der Waals surface area contributed by atoms with Crippen LogP contribution < -0.4 is 10.2 Å². The molecule has 1 saturated heterocycles. The minimum atomic E-state index is 0.443. The van der Waals surface area contributed by atoms with Crippen molar-refractivity contribution in [3.63, 3.8) is 0 Å². The Morgan fingerprint density at radius 1 is 1.17 bits per heavy atom. The van der Waals surface area contributed by atoms with Crippen LogP contribution in [0.1, 0.15) is 35.1 Å². The van der Waals surface area contributed by atoms with Crippen LogP contribution in [0, 0.1) is 13.8 Å². The Morgan fingerprint density at radius 2 is 2.04 bits per heavy atom. The molecule has 2 aromatic rings. The van der Waals surface area contributed by atoms with E-state index in [2.05, 4.69) is 49.9 Å². The van der Waals surface area contributed by atoms with Gasteiger partial charge in [-0.15, -0.1) is 0 Å². The van der Waals surface area contributed by atoms with Gasteiger partial charge in [-0.25, -0.2) is 9.97 Å². The van der Waals surface area contributed by atoms with Gasteiger partial charge in [-0.2, -0.15) is 5.10 Å². The molecule has 4 heterocycles. The first kappa shape index (κ1) is 14.6. The smallest absolute Gasteiger partial charge is 0.135 e. The Labute approximate surface area is 136 Å². The maximum absolute atomic E-state index is 4.67. The normalized spacial score (nSPS) is 21.3. The largest absolute Gasteiger partial charge is 0.354 e. The van der Waals surface area contributed by atoms with E-state index < -0.39 is 0 Å². The molecule has 6 heteroatoms. The highest BCUT2D eigenvalue weighted by Crippen LogP contribution is 2.30. The number of anilines is 1. The van der Waals surface area contributed by atoms with Gasteiger partial charge in [0, 0.05) is 37.3 Å². The van der Waals surface area contributed by atoms with Gasteiger partial charge < -0.3 is 10.2 Å². The van der Waals surface area contributed by atoms with Crippen molar-refractivity contribution in [1.29, 1.82) is 0 Å². The molecule has 0 bridgehead atoms. The van der Waals surface area contributed by atoms with E-state index in [1.165, 1.54) is 17.0 Å². The zero-order chi connectivity index (χ0) is 15.8. The molecule has 4 rings (SSSR count). The van der Waals surface area contributed by atoms with E-state index in [4.69, 9.17) is 0 Å². The summed E-state index contributed by atoms with van der Waals surface area (Å²) in [5.41, 5.74) is 4.91. The highest BCUT2D eigenvalue weighted by atomic mass is 15.3. The van der Waals surface area contributed by atoms with E-state index >= 15 is 0 Å². The Kier molecular flexibility index (Phi) is 3.77. The third-order valence-corrected chi connectivity index (χ3v) is 4.96. The van der Waals surface area contributed by atoms with E-state index in [-0.39, 0.29) is 0 Å². The Balaban J connectivity index is 1.60. The topological polar surface area (TPSA) is 58.9 Å². The number of hydrogen-bond acceptors (Lipinski definition) is 5. The molecule has 1 atom stereocenters. The van der Waals surface area contributed by atoms with Crippen LogP contribution >= 0.6 is 0 Å². The lowest BCUT2D eigenvalue weighted by molar-refractivity contribution is 0.481. The fraction of sp³-hybridized carbons (Fsp3) is 0.588. The zero-order valence-electron chi connectivity index (χ0n) is 13.9. The monoisotopic (exact) mass is 312 g/mol. The van der Waals surface area contributed by atoms with Crippen molar-refractivity contribution in [3.05, 3.63) is 35.0 Å². The van der Waals surface area contributed by atoms with Crippen molar-refractivity contribution in [1.82, 2.24) is 25.1 Å². The van der Waals surface area contributed by atoms with Gasteiger partial charge in [0.1, 0.15) is 12.1 Å². The molecule has 23 heavy (non-hydrogen) atoms. The minimum Gasteiger partial charge on any atom is -0.354 e. The van der Waals surface area contributed by atoms with Crippen LogP contribution in [0.25, 0.3) is 0 Å². The second kappa shape index (κ2) is 5.92. The Morgan fingerprint density at radius 3 is 2.87 bits per heavy atom. The first-order valence-electron chi connectivity index (χ1n) is 8.53. The van der Waals surface area contributed by atoms with Crippen molar-refractivity contribution in [3.8, 4) is 0 Å². The minimum absolute atomic E-state index is 0.443. The highest BCUT2D eigenvalue weighted by Gasteiger charge is 2.28. The van der Waals surface area contributed by atoms with E-state index in [1.807, 2.05) is 0 Å². The first-order chi connectivity index (χ1) is 11.2. The van der Waals surface area contributed by atoms with E-state index in [0.29, 0.717) is 6.04 Å². The molecule has 0 radical (unpaired) electrons. The summed E-state index contributed by atoms with van der Waals surface area (Å²) >= 11 is 0. The summed E-state index contributed by atoms with van der Waals surface area (Å²) in [6.07, 6.45) is 4.88. The SMILES string of the molecule is Cc1cc(C)n(C2CCN(c3ncnc4c3CCNCC4)C2)n1. The highest BCUT2D eigenvalue weighted by molar-refractivity contribution is 5.50. The summed E-state index contributed by atoms with van der Waals surface area (Å²) in [5, 5.41) is 8.13. The number of aromatic nitrogens is 4. The lowest BCUT2D eigenvalue weighted by Crippen LogP contribution is -2.25. The molecule has 1 N–H and O–H groups in total. The molecular weight excluding hydrogens is 288 g/mol. The Hall–Kier alpha value is -1.95. The molecule has 0 aromatic carbocycles. The van der Waals surface area contributed by atoms with Crippen LogP contribution in [-0.4, -0.2) is 45.9 Å². The van der Waals surface area contributed by atoms with Crippen molar-refractivity contribution in [2.45, 2.75) is 39.2 Å². The Bertz CT molecular complexity index is 707. The molecule has 2 aliphatic heterocycles. The average molecular weight is 312 g/mol. The van der Waals surface area contributed by atoms with Gasteiger partial charge >= 0.3 is 0 Å². The van der Waals surface area contributed by atoms with Crippen LogP contribution in [0.2, 0.25) is 0 Å². The van der Waals surface area contributed by atoms with Crippen molar-refractivity contribution in [2.24, 2.45) is 0 Å². The molecule has 1 fully saturated rings. The predicted molar refractivity (Wildman–Crippen MR) is 89.9 cm³/mol. The van der Waals surface area contributed by atoms with Crippen molar-refractivity contribution < 1.29 is 0 Å². The summed E-state index contributed by atoms with van der Waals surface area (Å²) < 4.78 is 2.19. The van der Waals surface area contributed by atoms with Gasteiger partial charge in [-0.1, -0.05) is 0 Å². The molecule has 1 unspecified atom stereocenters. The molecule has 2 aliphatic rings. The second-order valence-corrected chi connectivity index (χ2v) is 6.63. The third-order valence-electron chi connectivity index (χ3n) is 4.96.